The van der Waals surface area contributed by atoms with Crippen molar-refractivity contribution in [2.24, 2.45) is 0 Å². The third-order valence-corrected chi connectivity index (χ3v) is 1.38. The summed E-state index contributed by atoms with van der Waals surface area (Å²) in [5.74, 6) is -1.55. The summed E-state index contributed by atoms with van der Waals surface area (Å²) in [6, 6.07) is 1.00. The van der Waals surface area contributed by atoms with Crippen molar-refractivity contribution in [2.45, 2.75) is 6.92 Å². The lowest BCUT2D eigenvalue weighted by molar-refractivity contribution is 0.0525. The van der Waals surface area contributed by atoms with Crippen LogP contribution in [0.3, 0.4) is 0 Å². The molecule has 1 heterocycles. The Kier molecular flexibility index (Phi) is 2.79. The van der Waals surface area contributed by atoms with Crippen LogP contribution in [0.4, 0.5) is 10.2 Å². The molecule has 0 atom stereocenters. The summed E-state index contributed by atoms with van der Waals surface area (Å²) in [5.41, 5.74) is 5.19. The highest BCUT2D eigenvalue weighted by atomic mass is 19.1. The minimum atomic E-state index is -0.717. The van der Waals surface area contributed by atoms with Crippen LogP contribution in [0.25, 0.3) is 0 Å². The van der Waals surface area contributed by atoms with Gasteiger partial charge in [0, 0.05) is 6.20 Å². The van der Waals surface area contributed by atoms with Gasteiger partial charge in [-0.3, -0.25) is 0 Å². The highest BCUT2D eigenvalue weighted by Gasteiger charge is 2.09. The van der Waals surface area contributed by atoms with Gasteiger partial charge in [-0.05, 0) is 13.0 Å². The molecule has 1 rings (SSSR count). The molecule has 2 N–H and O–H groups in total. The van der Waals surface area contributed by atoms with Gasteiger partial charge in [0.1, 0.15) is 0 Å². The van der Waals surface area contributed by atoms with Crippen molar-refractivity contribution in [3.8, 4) is 0 Å². The van der Waals surface area contributed by atoms with Crippen LogP contribution >= 0.6 is 0 Å². The van der Waals surface area contributed by atoms with E-state index < -0.39 is 11.8 Å². The number of hydrogen-bond acceptors (Lipinski definition) is 4. The molecule has 0 saturated heterocycles. The van der Waals surface area contributed by atoms with E-state index in [0.717, 1.165) is 6.07 Å². The number of rotatable bonds is 2. The number of pyridine rings is 1. The van der Waals surface area contributed by atoms with Gasteiger partial charge in [0.15, 0.2) is 11.6 Å². The zero-order valence-electron chi connectivity index (χ0n) is 7.08. The Morgan fingerprint density at radius 3 is 3.00 bits per heavy atom. The van der Waals surface area contributed by atoms with Crippen LogP contribution in [-0.4, -0.2) is 17.6 Å². The van der Waals surface area contributed by atoms with Crippen molar-refractivity contribution >= 4 is 11.8 Å². The minimum absolute atomic E-state index is 0.0635. The van der Waals surface area contributed by atoms with Gasteiger partial charge in [-0.2, -0.15) is 0 Å². The molecule has 0 radical (unpaired) electrons. The van der Waals surface area contributed by atoms with E-state index in [-0.39, 0.29) is 18.0 Å². The standard InChI is InChI=1S/C8H9FN2O2/c1-2-13-8(12)5-3-6(9)7(10)11-4-5/h3-4H,2H2,1H3,(H2,10,11). The summed E-state index contributed by atoms with van der Waals surface area (Å²) in [5, 5.41) is 0. The summed E-state index contributed by atoms with van der Waals surface area (Å²) in [6.45, 7) is 1.91. The molecule has 0 unspecified atom stereocenters. The van der Waals surface area contributed by atoms with E-state index in [4.69, 9.17) is 5.73 Å². The SMILES string of the molecule is CCOC(=O)c1cnc(N)c(F)c1. The summed E-state index contributed by atoms with van der Waals surface area (Å²) >= 11 is 0. The molecule has 1 aromatic rings. The van der Waals surface area contributed by atoms with Crippen LogP contribution in [0.2, 0.25) is 0 Å². The molecule has 13 heavy (non-hydrogen) atoms. The zero-order valence-corrected chi connectivity index (χ0v) is 7.08. The van der Waals surface area contributed by atoms with Crippen molar-refractivity contribution in [2.75, 3.05) is 12.3 Å². The maximum absolute atomic E-state index is 12.8. The van der Waals surface area contributed by atoms with Gasteiger partial charge in [-0.1, -0.05) is 0 Å². The third-order valence-electron chi connectivity index (χ3n) is 1.38. The number of aromatic nitrogens is 1. The van der Waals surface area contributed by atoms with Crippen molar-refractivity contribution in [1.82, 2.24) is 4.98 Å². The van der Waals surface area contributed by atoms with E-state index in [9.17, 15) is 9.18 Å². The van der Waals surface area contributed by atoms with Crippen LogP contribution in [0.1, 0.15) is 17.3 Å². The maximum Gasteiger partial charge on any atom is 0.339 e. The van der Waals surface area contributed by atoms with Gasteiger partial charge in [-0.25, -0.2) is 14.2 Å². The van der Waals surface area contributed by atoms with E-state index in [1.807, 2.05) is 0 Å². The van der Waals surface area contributed by atoms with E-state index in [1.165, 1.54) is 6.20 Å². The topological polar surface area (TPSA) is 65.2 Å². The lowest BCUT2D eigenvalue weighted by atomic mass is 10.3. The lowest BCUT2D eigenvalue weighted by Gasteiger charge is -2.01. The van der Waals surface area contributed by atoms with Gasteiger partial charge in [0.2, 0.25) is 0 Å². The van der Waals surface area contributed by atoms with Crippen molar-refractivity contribution in [3.63, 3.8) is 0 Å². The fourth-order valence-electron chi connectivity index (χ4n) is 0.775. The van der Waals surface area contributed by atoms with Crippen LogP contribution < -0.4 is 5.73 Å². The molecule has 0 aromatic carbocycles. The molecule has 1 aromatic heterocycles. The Hall–Kier alpha value is -1.65. The molecule has 0 aliphatic heterocycles. The molecular weight excluding hydrogens is 175 g/mol. The molecule has 0 fully saturated rings. The molecular formula is C8H9FN2O2. The van der Waals surface area contributed by atoms with E-state index >= 15 is 0 Å². The molecule has 70 valence electrons. The number of halogens is 1. The third kappa shape index (κ3) is 2.14. The maximum atomic E-state index is 12.8. The Bertz CT molecular complexity index is 328. The van der Waals surface area contributed by atoms with E-state index in [0.29, 0.717) is 0 Å². The second-order valence-corrected chi connectivity index (χ2v) is 2.31. The fourth-order valence-corrected chi connectivity index (χ4v) is 0.775. The van der Waals surface area contributed by atoms with Crippen LogP contribution in [0.5, 0.6) is 0 Å². The monoisotopic (exact) mass is 184 g/mol. The molecule has 0 amide bonds. The number of carbonyl (C=O) groups is 1. The predicted octanol–water partition coefficient (Wildman–Crippen LogP) is 0.980. The smallest absolute Gasteiger partial charge is 0.339 e. The van der Waals surface area contributed by atoms with E-state index in [2.05, 4.69) is 9.72 Å². The molecule has 0 aliphatic rings. The second kappa shape index (κ2) is 3.84. The molecule has 5 heteroatoms. The van der Waals surface area contributed by atoms with Crippen molar-refractivity contribution in [1.29, 1.82) is 0 Å². The number of anilines is 1. The Balaban J connectivity index is 2.90. The second-order valence-electron chi connectivity index (χ2n) is 2.31. The summed E-state index contributed by atoms with van der Waals surface area (Å²) in [7, 11) is 0. The number of ether oxygens (including phenoxy) is 1. The number of nitrogens with zero attached hydrogens (tertiary/aromatic N) is 1. The van der Waals surface area contributed by atoms with E-state index in [1.54, 1.807) is 6.92 Å². The summed E-state index contributed by atoms with van der Waals surface area (Å²) in [6.07, 6.45) is 1.18. The Morgan fingerprint density at radius 1 is 1.77 bits per heavy atom. The Morgan fingerprint density at radius 2 is 2.46 bits per heavy atom. The predicted molar refractivity (Wildman–Crippen MR) is 44.6 cm³/mol. The quantitative estimate of drug-likeness (QED) is 0.696. The average molecular weight is 184 g/mol. The number of nitrogen functional groups attached to an aromatic ring is 1. The summed E-state index contributed by atoms with van der Waals surface area (Å²) < 4.78 is 17.4. The normalized spacial score (nSPS) is 9.69. The largest absolute Gasteiger partial charge is 0.462 e. The molecule has 0 saturated carbocycles. The van der Waals surface area contributed by atoms with Crippen LogP contribution in [0.15, 0.2) is 12.3 Å². The number of nitrogens with two attached hydrogens (primary N) is 1. The van der Waals surface area contributed by atoms with Gasteiger partial charge in [0.05, 0.1) is 12.2 Å². The zero-order chi connectivity index (χ0) is 9.84. The van der Waals surface area contributed by atoms with Gasteiger partial charge >= 0.3 is 5.97 Å². The minimum Gasteiger partial charge on any atom is -0.462 e. The molecule has 0 bridgehead atoms. The van der Waals surface area contributed by atoms with Gasteiger partial charge in [-0.15, -0.1) is 0 Å². The highest BCUT2D eigenvalue weighted by Crippen LogP contribution is 2.09. The average Bonchev–Trinajstić information content (AvgIpc) is 2.10. The van der Waals surface area contributed by atoms with Crippen molar-refractivity contribution < 1.29 is 13.9 Å². The molecule has 4 nitrogen and oxygen atoms in total. The first-order valence-electron chi connectivity index (χ1n) is 3.73. The number of hydrogen-bond donors (Lipinski definition) is 1. The van der Waals surface area contributed by atoms with Crippen LogP contribution in [-0.2, 0) is 4.74 Å². The van der Waals surface area contributed by atoms with Crippen molar-refractivity contribution in [3.05, 3.63) is 23.6 Å². The van der Waals surface area contributed by atoms with Crippen LogP contribution in [0, 0.1) is 5.82 Å². The molecule has 0 aliphatic carbocycles. The summed E-state index contributed by atoms with van der Waals surface area (Å²) in [4.78, 5) is 14.5. The first kappa shape index (κ1) is 9.44. The molecule has 0 spiro atoms. The first-order chi connectivity index (χ1) is 6.15. The lowest BCUT2D eigenvalue weighted by Crippen LogP contribution is -2.07. The highest BCUT2D eigenvalue weighted by molar-refractivity contribution is 5.89. The fraction of sp³-hybridized carbons (Fsp3) is 0.250. The number of esters is 1. The van der Waals surface area contributed by atoms with Gasteiger partial charge in [0.25, 0.3) is 0 Å². The first-order valence-corrected chi connectivity index (χ1v) is 3.73. The van der Waals surface area contributed by atoms with Gasteiger partial charge < -0.3 is 10.5 Å². The Labute approximate surface area is 74.5 Å². The number of carbonyl (C=O) groups excluding carboxylic acids is 1.